The predicted molar refractivity (Wildman–Crippen MR) is 71.6 cm³/mol. The maximum absolute atomic E-state index is 12.5. The Morgan fingerprint density at radius 3 is 2.22 bits per heavy atom. The summed E-state index contributed by atoms with van der Waals surface area (Å²) in [6, 6.07) is 0. The van der Waals surface area contributed by atoms with Crippen molar-refractivity contribution >= 4 is 23.6 Å². The second-order valence-electron chi connectivity index (χ2n) is 5.48. The van der Waals surface area contributed by atoms with Gasteiger partial charge in [0.15, 0.2) is 0 Å². The number of thioether (sulfide) groups is 1. The van der Waals surface area contributed by atoms with Gasteiger partial charge in [0, 0.05) is 23.6 Å². The number of amides is 1. The van der Waals surface area contributed by atoms with Gasteiger partial charge in [-0.1, -0.05) is 20.3 Å². The average Bonchev–Trinajstić information content (AvgIpc) is 2.75. The van der Waals surface area contributed by atoms with Crippen LogP contribution in [0.25, 0.3) is 0 Å². The summed E-state index contributed by atoms with van der Waals surface area (Å²) in [5, 5.41) is 10.1. The van der Waals surface area contributed by atoms with Gasteiger partial charge in [-0.15, -0.1) is 0 Å². The van der Waals surface area contributed by atoms with E-state index in [2.05, 4.69) is 13.8 Å². The second kappa shape index (κ2) is 5.51. The second-order valence-corrected chi connectivity index (χ2v) is 7.36. The van der Waals surface area contributed by atoms with Crippen LogP contribution in [0.4, 0.5) is 0 Å². The van der Waals surface area contributed by atoms with Crippen LogP contribution in [0, 0.1) is 11.8 Å². The lowest BCUT2D eigenvalue weighted by molar-refractivity contribution is -0.149. The molecule has 1 N–H and O–H groups in total. The molecule has 5 heteroatoms. The van der Waals surface area contributed by atoms with Crippen LogP contribution in [0.3, 0.4) is 0 Å². The van der Waals surface area contributed by atoms with Gasteiger partial charge in [0.2, 0.25) is 5.91 Å². The molecule has 0 aromatic carbocycles. The molecule has 1 heterocycles. The monoisotopic (exact) mass is 271 g/mol. The minimum absolute atomic E-state index is 0.0684. The lowest BCUT2D eigenvalue weighted by Crippen LogP contribution is -2.47. The molecule has 102 valence electrons. The molecule has 2 aliphatic rings. The van der Waals surface area contributed by atoms with Gasteiger partial charge in [-0.25, -0.2) is 0 Å². The maximum atomic E-state index is 12.5. The van der Waals surface area contributed by atoms with E-state index in [1.807, 2.05) is 16.7 Å². The van der Waals surface area contributed by atoms with Crippen molar-refractivity contribution in [1.29, 1.82) is 0 Å². The lowest BCUT2D eigenvalue weighted by atomic mass is 9.94. The van der Waals surface area contributed by atoms with Crippen LogP contribution < -0.4 is 0 Å². The number of hydrogen-bond acceptors (Lipinski definition) is 3. The molecule has 1 saturated carbocycles. The van der Waals surface area contributed by atoms with E-state index in [0.29, 0.717) is 16.9 Å². The first-order chi connectivity index (χ1) is 8.49. The average molecular weight is 271 g/mol. The first-order valence-electron chi connectivity index (χ1n) is 6.66. The smallest absolute Gasteiger partial charge is 0.307 e. The van der Waals surface area contributed by atoms with E-state index in [1.165, 1.54) is 0 Å². The largest absolute Gasteiger partial charge is 0.481 e. The Bertz CT molecular complexity index is 337. The molecular formula is C13H21NO3S. The molecule has 1 amide bonds. The van der Waals surface area contributed by atoms with E-state index in [9.17, 15) is 9.59 Å². The van der Waals surface area contributed by atoms with Crippen LogP contribution in [0.15, 0.2) is 0 Å². The van der Waals surface area contributed by atoms with Gasteiger partial charge < -0.3 is 10.0 Å². The molecule has 1 saturated heterocycles. The minimum atomic E-state index is -0.807. The van der Waals surface area contributed by atoms with E-state index in [4.69, 9.17) is 5.11 Å². The lowest BCUT2D eigenvalue weighted by Gasteiger charge is -2.36. The number of carbonyl (C=O) groups is 2. The van der Waals surface area contributed by atoms with Crippen LogP contribution >= 0.6 is 11.8 Å². The Morgan fingerprint density at radius 1 is 1.11 bits per heavy atom. The molecule has 0 spiro atoms. The Morgan fingerprint density at radius 2 is 1.67 bits per heavy atom. The highest BCUT2D eigenvalue weighted by atomic mass is 32.2. The standard InChI is InChI=1S/C13H21NO3S/c1-8-6-14(7-9(2)18-8)12(15)10-4-3-5-11(10)13(16)17/h8-11H,3-7H2,1-2H3,(H,16,17). The molecule has 1 aliphatic heterocycles. The van der Waals surface area contributed by atoms with E-state index in [-0.39, 0.29) is 11.8 Å². The van der Waals surface area contributed by atoms with Crippen molar-refractivity contribution in [2.75, 3.05) is 13.1 Å². The third-order valence-electron chi connectivity index (χ3n) is 3.88. The van der Waals surface area contributed by atoms with E-state index in [1.54, 1.807) is 0 Å². The molecule has 2 rings (SSSR count). The third kappa shape index (κ3) is 2.82. The maximum Gasteiger partial charge on any atom is 0.307 e. The van der Waals surface area contributed by atoms with Crippen LogP contribution in [-0.4, -0.2) is 45.5 Å². The zero-order chi connectivity index (χ0) is 13.3. The molecule has 4 nitrogen and oxygen atoms in total. The molecular weight excluding hydrogens is 250 g/mol. The fourth-order valence-electron chi connectivity index (χ4n) is 3.14. The van der Waals surface area contributed by atoms with Crippen LogP contribution in [0.5, 0.6) is 0 Å². The van der Waals surface area contributed by atoms with Gasteiger partial charge >= 0.3 is 5.97 Å². The summed E-state index contributed by atoms with van der Waals surface area (Å²) < 4.78 is 0. The molecule has 1 aliphatic carbocycles. The number of carbonyl (C=O) groups excluding carboxylic acids is 1. The van der Waals surface area contributed by atoms with Gasteiger partial charge in [0.1, 0.15) is 0 Å². The van der Waals surface area contributed by atoms with Gasteiger partial charge in [-0.05, 0) is 12.8 Å². The number of carboxylic acid groups (broad SMARTS) is 1. The van der Waals surface area contributed by atoms with Crippen molar-refractivity contribution in [3.63, 3.8) is 0 Å². The number of carboxylic acids is 1. The zero-order valence-corrected chi connectivity index (χ0v) is 11.8. The van der Waals surface area contributed by atoms with Gasteiger partial charge in [-0.2, -0.15) is 11.8 Å². The van der Waals surface area contributed by atoms with Crippen LogP contribution in [-0.2, 0) is 9.59 Å². The molecule has 18 heavy (non-hydrogen) atoms. The Hall–Kier alpha value is -0.710. The van der Waals surface area contributed by atoms with Gasteiger partial charge in [-0.3, -0.25) is 9.59 Å². The Kier molecular flexibility index (Phi) is 4.20. The fourth-order valence-corrected chi connectivity index (χ4v) is 4.47. The number of rotatable bonds is 2. The number of nitrogens with zero attached hydrogens (tertiary/aromatic N) is 1. The molecule has 0 aromatic rings. The van der Waals surface area contributed by atoms with Crippen molar-refractivity contribution in [2.45, 2.75) is 43.6 Å². The summed E-state index contributed by atoms with van der Waals surface area (Å²) in [5.74, 6) is -1.49. The van der Waals surface area contributed by atoms with Crippen LogP contribution in [0.1, 0.15) is 33.1 Å². The highest BCUT2D eigenvalue weighted by molar-refractivity contribution is 8.00. The minimum Gasteiger partial charge on any atom is -0.481 e. The van der Waals surface area contributed by atoms with Crippen molar-refractivity contribution in [3.8, 4) is 0 Å². The molecule has 4 atom stereocenters. The molecule has 2 fully saturated rings. The Balaban J connectivity index is 2.04. The topological polar surface area (TPSA) is 57.6 Å². The number of aliphatic carboxylic acids is 1. The third-order valence-corrected chi connectivity index (χ3v) is 5.11. The van der Waals surface area contributed by atoms with Crippen molar-refractivity contribution in [1.82, 2.24) is 4.90 Å². The van der Waals surface area contributed by atoms with Gasteiger partial charge in [0.25, 0.3) is 0 Å². The highest BCUT2D eigenvalue weighted by Gasteiger charge is 2.40. The predicted octanol–water partition coefficient (Wildman–Crippen LogP) is 1.84. The summed E-state index contributed by atoms with van der Waals surface area (Å²) >= 11 is 1.90. The summed E-state index contributed by atoms with van der Waals surface area (Å²) in [5.41, 5.74) is 0. The fraction of sp³-hybridized carbons (Fsp3) is 0.846. The van der Waals surface area contributed by atoms with Gasteiger partial charge in [0.05, 0.1) is 11.8 Å². The van der Waals surface area contributed by atoms with E-state index in [0.717, 1.165) is 25.9 Å². The van der Waals surface area contributed by atoms with Crippen LogP contribution in [0.2, 0.25) is 0 Å². The van der Waals surface area contributed by atoms with Crippen molar-refractivity contribution in [2.24, 2.45) is 11.8 Å². The molecule has 0 bridgehead atoms. The summed E-state index contributed by atoms with van der Waals surface area (Å²) in [6.45, 7) is 5.78. The van der Waals surface area contributed by atoms with E-state index < -0.39 is 11.9 Å². The van der Waals surface area contributed by atoms with E-state index >= 15 is 0 Å². The Labute approximate surface area is 112 Å². The normalized spacial score (nSPS) is 36.7. The summed E-state index contributed by atoms with van der Waals surface area (Å²) in [6.07, 6.45) is 2.25. The number of hydrogen-bond donors (Lipinski definition) is 1. The summed E-state index contributed by atoms with van der Waals surface area (Å²) in [7, 11) is 0. The SMILES string of the molecule is CC1CN(C(=O)C2CCCC2C(=O)O)CC(C)S1. The van der Waals surface area contributed by atoms with Crippen molar-refractivity contribution in [3.05, 3.63) is 0 Å². The molecule has 4 unspecified atom stereocenters. The quantitative estimate of drug-likeness (QED) is 0.832. The molecule has 0 radical (unpaired) electrons. The highest BCUT2D eigenvalue weighted by Crippen LogP contribution is 2.35. The first-order valence-corrected chi connectivity index (χ1v) is 7.60. The summed E-state index contributed by atoms with van der Waals surface area (Å²) in [4.78, 5) is 25.5. The molecule has 0 aromatic heterocycles. The van der Waals surface area contributed by atoms with Crippen molar-refractivity contribution < 1.29 is 14.7 Å². The first kappa shape index (κ1) is 13.7. The zero-order valence-electron chi connectivity index (χ0n) is 11.0.